The van der Waals surface area contributed by atoms with E-state index >= 15 is 0 Å². The van der Waals surface area contributed by atoms with Crippen molar-refractivity contribution in [2.24, 2.45) is 0 Å². The van der Waals surface area contributed by atoms with E-state index in [0.717, 1.165) is 5.56 Å². The van der Waals surface area contributed by atoms with E-state index in [-0.39, 0.29) is 11.6 Å². The van der Waals surface area contributed by atoms with Gasteiger partial charge in [-0.2, -0.15) is 0 Å². The Bertz CT molecular complexity index is 370. The van der Waals surface area contributed by atoms with Gasteiger partial charge in [0, 0.05) is 6.54 Å². The average molecular weight is 232 g/mol. The minimum Gasteiger partial charge on any atom is -0.480 e. The lowest BCUT2D eigenvalue weighted by Gasteiger charge is -2.13. The molecule has 0 atom stereocenters. The first-order chi connectivity index (χ1) is 6.99. The summed E-state index contributed by atoms with van der Waals surface area (Å²) in [5.41, 5.74) is 0.783. The van der Waals surface area contributed by atoms with Gasteiger partial charge in [0.05, 0.1) is 11.6 Å². The molecule has 0 bridgehead atoms. The predicted molar refractivity (Wildman–Crippen MR) is 55.4 cm³/mol. The molecule has 0 aromatic heterocycles. The molecule has 0 aliphatic heterocycles. The fourth-order valence-corrected chi connectivity index (χ4v) is 1.44. The largest absolute Gasteiger partial charge is 0.480 e. The maximum atomic E-state index is 12.8. The molecule has 0 radical (unpaired) electrons. The van der Waals surface area contributed by atoms with Crippen LogP contribution in [0.15, 0.2) is 18.2 Å². The number of likely N-dealkylation sites (N-methyl/N-ethyl adjacent to an activating group) is 1. The number of aliphatic carboxylic acids is 1. The second kappa shape index (κ2) is 5.09. The molecule has 82 valence electrons. The summed E-state index contributed by atoms with van der Waals surface area (Å²) in [6.45, 7) is 0.362. The number of hydrogen-bond donors (Lipinski definition) is 1. The highest BCUT2D eigenvalue weighted by Crippen LogP contribution is 2.16. The van der Waals surface area contributed by atoms with E-state index in [1.165, 1.54) is 12.1 Å². The standard InChI is InChI=1S/C10H11ClFNO2/c1-13(6-10(14)15)5-7-2-3-9(12)8(11)4-7/h2-4H,5-6H2,1H3,(H,14,15). The summed E-state index contributed by atoms with van der Waals surface area (Å²) < 4.78 is 12.8. The number of nitrogens with zero attached hydrogens (tertiary/aromatic N) is 1. The molecule has 1 aromatic rings. The van der Waals surface area contributed by atoms with E-state index in [2.05, 4.69) is 0 Å². The molecule has 15 heavy (non-hydrogen) atoms. The predicted octanol–water partition coefficient (Wildman–Crippen LogP) is 2.00. The van der Waals surface area contributed by atoms with Crippen molar-refractivity contribution < 1.29 is 14.3 Å². The van der Waals surface area contributed by atoms with Crippen molar-refractivity contribution in [1.82, 2.24) is 4.90 Å². The van der Waals surface area contributed by atoms with Crippen LogP contribution in [0.25, 0.3) is 0 Å². The van der Waals surface area contributed by atoms with Gasteiger partial charge in [0.1, 0.15) is 5.82 Å². The molecule has 0 unspecified atom stereocenters. The van der Waals surface area contributed by atoms with Crippen LogP contribution in [0.4, 0.5) is 4.39 Å². The third-order valence-electron chi connectivity index (χ3n) is 1.84. The highest BCUT2D eigenvalue weighted by Gasteiger charge is 2.06. The molecule has 0 fully saturated rings. The Hall–Kier alpha value is -1.13. The highest BCUT2D eigenvalue weighted by atomic mass is 35.5. The van der Waals surface area contributed by atoms with Crippen LogP contribution in [0.5, 0.6) is 0 Å². The summed E-state index contributed by atoms with van der Waals surface area (Å²) in [5.74, 6) is -1.37. The molecule has 0 aliphatic rings. The summed E-state index contributed by atoms with van der Waals surface area (Å²) in [6.07, 6.45) is 0. The molecule has 0 heterocycles. The maximum absolute atomic E-state index is 12.8. The minimum absolute atomic E-state index is 0.0521. The Morgan fingerprint density at radius 2 is 2.27 bits per heavy atom. The number of carbonyl (C=O) groups is 1. The van der Waals surface area contributed by atoms with Gasteiger partial charge in [-0.1, -0.05) is 17.7 Å². The van der Waals surface area contributed by atoms with Crippen molar-refractivity contribution in [3.8, 4) is 0 Å². The topological polar surface area (TPSA) is 40.5 Å². The van der Waals surface area contributed by atoms with Crippen LogP contribution >= 0.6 is 11.6 Å². The van der Waals surface area contributed by atoms with E-state index in [1.807, 2.05) is 0 Å². The molecule has 1 aromatic carbocycles. The van der Waals surface area contributed by atoms with Gasteiger partial charge in [-0.15, -0.1) is 0 Å². The molecular weight excluding hydrogens is 221 g/mol. The van der Waals surface area contributed by atoms with E-state index < -0.39 is 11.8 Å². The summed E-state index contributed by atoms with van der Waals surface area (Å²) in [4.78, 5) is 12.0. The van der Waals surface area contributed by atoms with E-state index in [9.17, 15) is 9.18 Å². The summed E-state index contributed by atoms with van der Waals surface area (Å²) >= 11 is 5.59. The maximum Gasteiger partial charge on any atom is 0.317 e. The van der Waals surface area contributed by atoms with Crippen molar-refractivity contribution >= 4 is 17.6 Å². The molecule has 0 aliphatic carbocycles. The Kier molecular flexibility index (Phi) is 4.05. The first-order valence-corrected chi connectivity index (χ1v) is 4.71. The van der Waals surface area contributed by atoms with Crippen LogP contribution in [0, 0.1) is 5.82 Å². The second-order valence-corrected chi connectivity index (χ2v) is 3.72. The average Bonchev–Trinajstić information content (AvgIpc) is 2.10. The molecule has 0 saturated carbocycles. The molecule has 0 amide bonds. The monoisotopic (exact) mass is 231 g/mol. The van der Waals surface area contributed by atoms with Gasteiger partial charge in [-0.05, 0) is 24.7 Å². The van der Waals surface area contributed by atoms with Gasteiger partial charge < -0.3 is 5.11 Å². The zero-order valence-corrected chi connectivity index (χ0v) is 8.96. The Balaban J connectivity index is 2.64. The van der Waals surface area contributed by atoms with Crippen LogP contribution in [-0.2, 0) is 11.3 Å². The number of hydrogen-bond acceptors (Lipinski definition) is 2. The van der Waals surface area contributed by atoms with Crippen LogP contribution in [0.3, 0.4) is 0 Å². The number of benzene rings is 1. The zero-order valence-electron chi connectivity index (χ0n) is 8.20. The number of carboxylic acid groups (broad SMARTS) is 1. The van der Waals surface area contributed by atoms with E-state index in [1.54, 1.807) is 18.0 Å². The zero-order chi connectivity index (χ0) is 11.4. The van der Waals surface area contributed by atoms with Crippen molar-refractivity contribution in [1.29, 1.82) is 0 Å². The molecule has 3 nitrogen and oxygen atoms in total. The molecule has 0 saturated heterocycles. The highest BCUT2D eigenvalue weighted by molar-refractivity contribution is 6.30. The van der Waals surface area contributed by atoms with Crippen molar-refractivity contribution in [2.45, 2.75) is 6.54 Å². The summed E-state index contributed by atoms with van der Waals surface area (Å²) in [6, 6.07) is 4.35. The van der Waals surface area contributed by atoms with Gasteiger partial charge in [-0.25, -0.2) is 4.39 Å². The quantitative estimate of drug-likeness (QED) is 0.862. The fraction of sp³-hybridized carbons (Fsp3) is 0.300. The van der Waals surface area contributed by atoms with Crippen LogP contribution in [-0.4, -0.2) is 29.6 Å². The molecular formula is C10H11ClFNO2. The van der Waals surface area contributed by atoms with Gasteiger partial charge in [-0.3, -0.25) is 9.69 Å². The number of carboxylic acids is 1. The molecule has 0 spiro atoms. The third kappa shape index (κ3) is 3.85. The van der Waals surface area contributed by atoms with Crippen molar-refractivity contribution in [2.75, 3.05) is 13.6 Å². The smallest absolute Gasteiger partial charge is 0.317 e. The Labute approximate surface area is 92.1 Å². The normalized spacial score (nSPS) is 10.7. The fourth-order valence-electron chi connectivity index (χ4n) is 1.24. The SMILES string of the molecule is CN(CC(=O)O)Cc1ccc(F)c(Cl)c1. The molecule has 1 rings (SSSR count). The first kappa shape index (κ1) is 11.9. The van der Waals surface area contributed by atoms with E-state index in [0.29, 0.717) is 6.54 Å². The number of rotatable bonds is 4. The number of halogens is 2. The third-order valence-corrected chi connectivity index (χ3v) is 2.13. The lowest BCUT2D eigenvalue weighted by molar-refractivity contribution is -0.138. The van der Waals surface area contributed by atoms with Crippen LogP contribution in [0.1, 0.15) is 5.56 Å². The van der Waals surface area contributed by atoms with Gasteiger partial charge in [0.25, 0.3) is 0 Å². The van der Waals surface area contributed by atoms with Gasteiger partial charge in [0.2, 0.25) is 0 Å². The van der Waals surface area contributed by atoms with Gasteiger partial charge in [0.15, 0.2) is 0 Å². The summed E-state index contributed by atoms with van der Waals surface area (Å²) in [7, 11) is 1.67. The first-order valence-electron chi connectivity index (χ1n) is 4.33. The summed E-state index contributed by atoms with van der Waals surface area (Å²) in [5, 5.41) is 8.58. The minimum atomic E-state index is -0.897. The lowest BCUT2D eigenvalue weighted by atomic mass is 10.2. The molecule has 5 heteroatoms. The van der Waals surface area contributed by atoms with Crippen LogP contribution in [0.2, 0.25) is 5.02 Å². The molecule has 1 N–H and O–H groups in total. The van der Waals surface area contributed by atoms with Crippen molar-refractivity contribution in [3.63, 3.8) is 0 Å². The Morgan fingerprint density at radius 1 is 1.60 bits per heavy atom. The Morgan fingerprint density at radius 3 is 2.80 bits per heavy atom. The lowest BCUT2D eigenvalue weighted by Crippen LogP contribution is -2.25. The second-order valence-electron chi connectivity index (χ2n) is 3.31. The van der Waals surface area contributed by atoms with E-state index in [4.69, 9.17) is 16.7 Å². The van der Waals surface area contributed by atoms with Crippen LogP contribution < -0.4 is 0 Å². The van der Waals surface area contributed by atoms with Gasteiger partial charge >= 0.3 is 5.97 Å². The van der Waals surface area contributed by atoms with Crippen molar-refractivity contribution in [3.05, 3.63) is 34.6 Å².